The molecule has 2 rings (SSSR count). The van der Waals surface area contributed by atoms with E-state index < -0.39 is 10.8 Å². The van der Waals surface area contributed by atoms with Gasteiger partial charge in [-0.15, -0.1) is 0 Å². The molecule has 0 heterocycles. The highest BCUT2D eigenvalue weighted by molar-refractivity contribution is 9.10. The van der Waals surface area contributed by atoms with Crippen molar-refractivity contribution in [1.29, 1.82) is 0 Å². The molecular formula is C17H17BrN2O5. The van der Waals surface area contributed by atoms with Crippen LogP contribution in [0.3, 0.4) is 0 Å². The van der Waals surface area contributed by atoms with E-state index in [4.69, 9.17) is 9.47 Å². The number of hydrogen-bond acceptors (Lipinski definition) is 5. The molecule has 0 saturated carbocycles. The fourth-order valence-corrected chi connectivity index (χ4v) is 2.45. The van der Waals surface area contributed by atoms with E-state index in [9.17, 15) is 14.9 Å². The second-order valence-electron chi connectivity index (χ2n) is 5.35. The lowest BCUT2D eigenvalue weighted by Crippen LogP contribution is -2.20. The molecule has 0 bridgehead atoms. The second-order valence-corrected chi connectivity index (χ2v) is 6.14. The molecule has 0 atom stereocenters. The molecule has 0 aromatic heterocycles. The van der Waals surface area contributed by atoms with Gasteiger partial charge in [0.15, 0.2) is 6.61 Å². The zero-order valence-electron chi connectivity index (χ0n) is 14.0. The summed E-state index contributed by atoms with van der Waals surface area (Å²) in [5, 5.41) is 13.6. The Labute approximate surface area is 153 Å². The zero-order chi connectivity index (χ0) is 18.6. The van der Waals surface area contributed by atoms with Crippen LogP contribution in [0.1, 0.15) is 11.1 Å². The number of carbonyl (C=O) groups excluding carboxylic acids is 1. The lowest BCUT2D eigenvalue weighted by molar-refractivity contribution is -0.384. The molecule has 7 nitrogen and oxygen atoms in total. The van der Waals surface area contributed by atoms with E-state index in [1.165, 1.54) is 25.3 Å². The highest BCUT2D eigenvalue weighted by Crippen LogP contribution is 2.29. The fourth-order valence-electron chi connectivity index (χ4n) is 2.22. The molecule has 0 spiro atoms. The molecule has 132 valence electrons. The van der Waals surface area contributed by atoms with Gasteiger partial charge in [0.05, 0.1) is 18.1 Å². The summed E-state index contributed by atoms with van der Waals surface area (Å²) in [6, 6.07) is 7.81. The second kappa shape index (κ2) is 7.98. The van der Waals surface area contributed by atoms with Crippen molar-refractivity contribution in [2.24, 2.45) is 0 Å². The first-order valence-corrected chi connectivity index (χ1v) is 8.13. The highest BCUT2D eigenvalue weighted by atomic mass is 79.9. The number of methoxy groups -OCH3 is 1. The Kier molecular flexibility index (Phi) is 5.97. The lowest BCUT2D eigenvalue weighted by atomic mass is 10.1. The Balaban J connectivity index is 2.07. The van der Waals surface area contributed by atoms with E-state index in [0.29, 0.717) is 11.5 Å². The van der Waals surface area contributed by atoms with Crippen LogP contribution in [0, 0.1) is 24.0 Å². The van der Waals surface area contributed by atoms with E-state index in [2.05, 4.69) is 21.2 Å². The third-order valence-electron chi connectivity index (χ3n) is 3.46. The molecular weight excluding hydrogens is 392 g/mol. The maximum absolute atomic E-state index is 12.1. The summed E-state index contributed by atoms with van der Waals surface area (Å²) >= 11 is 3.46. The van der Waals surface area contributed by atoms with Gasteiger partial charge >= 0.3 is 0 Å². The number of nitro groups is 1. The van der Waals surface area contributed by atoms with Gasteiger partial charge in [-0.1, -0.05) is 15.9 Å². The number of halogens is 1. The van der Waals surface area contributed by atoms with Crippen LogP contribution in [0.2, 0.25) is 0 Å². The van der Waals surface area contributed by atoms with Crippen molar-refractivity contribution in [3.63, 3.8) is 0 Å². The number of ether oxygens (including phenoxy) is 2. The Morgan fingerprint density at radius 3 is 2.40 bits per heavy atom. The van der Waals surface area contributed by atoms with E-state index in [-0.39, 0.29) is 18.0 Å². The van der Waals surface area contributed by atoms with Gasteiger partial charge in [-0.2, -0.15) is 0 Å². The van der Waals surface area contributed by atoms with Crippen molar-refractivity contribution in [1.82, 2.24) is 0 Å². The van der Waals surface area contributed by atoms with E-state index in [1.54, 1.807) is 12.1 Å². The molecule has 25 heavy (non-hydrogen) atoms. The van der Waals surface area contributed by atoms with Crippen molar-refractivity contribution in [3.8, 4) is 11.5 Å². The first-order valence-electron chi connectivity index (χ1n) is 7.33. The average Bonchev–Trinajstić information content (AvgIpc) is 2.57. The summed E-state index contributed by atoms with van der Waals surface area (Å²) in [7, 11) is 1.41. The van der Waals surface area contributed by atoms with Crippen molar-refractivity contribution >= 4 is 33.2 Å². The number of rotatable bonds is 6. The maximum atomic E-state index is 12.1. The average molecular weight is 409 g/mol. The van der Waals surface area contributed by atoms with E-state index in [1.807, 2.05) is 13.8 Å². The smallest absolute Gasteiger partial charge is 0.296 e. The van der Waals surface area contributed by atoms with Crippen LogP contribution in [0.25, 0.3) is 0 Å². The van der Waals surface area contributed by atoms with Crippen LogP contribution in [0.15, 0.2) is 34.8 Å². The molecule has 2 aromatic carbocycles. The molecule has 0 aliphatic carbocycles. The predicted molar refractivity (Wildman–Crippen MR) is 97.4 cm³/mol. The normalized spacial score (nSPS) is 10.2. The number of hydrogen-bond donors (Lipinski definition) is 1. The standard InChI is InChI=1S/C17H17BrN2O5/c1-10-6-13(7-11(2)17(10)18)25-9-16(21)19-14-5-4-12(24-3)8-15(14)20(22)23/h4-8H,9H2,1-3H3,(H,19,21). The summed E-state index contributed by atoms with van der Waals surface area (Å²) < 4.78 is 11.4. The van der Waals surface area contributed by atoms with Gasteiger partial charge < -0.3 is 14.8 Å². The van der Waals surface area contributed by atoms with Crippen molar-refractivity contribution in [2.45, 2.75) is 13.8 Å². The van der Waals surface area contributed by atoms with Gasteiger partial charge in [0.2, 0.25) is 0 Å². The largest absolute Gasteiger partial charge is 0.496 e. The lowest BCUT2D eigenvalue weighted by Gasteiger charge is -2.11. The third kappa shape index (κ3) is 4.69. The number of nitro benzene ring substituents is 1. The first kappa shape index (κ1) is 18.7. The van der Waals surface area contributed by atoms with Crippen LogP contribution >= 0.6 is 15.9 Å². The zero-order valence-corrected chi connectivity index (χ0v) is 15.5. The van der Waals surface area contributed by atoms with Crippen LogP contribution in [-0.4, -0.2) is 24.5 Å². The Morgan fingerprint density at radius 2 is 1.84 bits per heavy atom. The molecule has 0 aliphatic heterocycles. The molecule has 0 aliphatic rings. The monoisotopic (exact) mass is 408 g/mol. The van der Waals surface area contributed by atoms with Crippen LogP contribution in [-0.2, 0) is 4.79 Å². The van der Waals surface area contributed by atoms with E-state index >= 15 is 0 Å². The summed E-state index contributed by atoms with van der Waals surface area (Å²) in [6.45, 7) is 3.58. The topological polar surface area (TPSA) is 90.7 Å². The minimum Gasteiger partial charge on any atom is -0.496 e. The molecule has 0 radical (unpaired) electrons. The minimum absolute atomic E-state index is 0.0857. The van der Waals surface area contributed by atoms with Gasteiger partial charge in [0, 0.05) is 4.47 Å². The van der Waals surface area contributed by atoms with E-state index in [0.717, 1.165) is 15.6 Å². The molecule has 0 saturated heterocycles. The Bertz CT molecular complexity index is 800. The number of nitrogens with one attached hydrogen (secondary N) is 1. The Hall–Kier alpha value is -2.61. The third-order valence-corrected chi connectivity index (χ3v) is 4.71. The van der Waals surface area contributed by atoms with Crippen LogP contribution < -0.4 is 14.8 Å². The number of benzene rings is 2. The minimum atomic E-state index is -0.583. The van der Waals surface area contributed by atoms with Gasteiger partial charge in [-0.05, 0) is 49.2 Å². The highest BCUT2D eigenvalue weighted by Gasteiger charge is 2.17. The fraction of sp³-hybridized carbons (Fsp3) is 0.235. The number of nitrogens with zero attached hydrogens (tertiary/aromatic N) is 1. The van der Waals surface area contributed by atoms with Gasteiger partial charge in [-0.25, -0.2) is 0 Å². The molecule has 2 aromatic rings. The molecule has 1 amide bonds. The summed E-state index contributed by atoms with van der Waals surface area (Å²) in [4.78, 5) is 22.6. The Morgan fingerprint density at radius 1 is 1.20 bits per heavy atom. The van der Waals surface area contributed by atoms with Gasteiger partial charge in [0.1, 0.15) is 17.2 Å². The first-order chi connectivity index (χ1) is 11.8. The quantitative estimate of drug-likeness (QED) is 0.575. The molecule has 0 fully saturated rings. The molecule has 1 N–H and O–H groups in total. The molecule has 0 unspecified atom stereocenters. The van der Waals surface area contributed by atoms with Crippen molar-refractivity contribution in [2.75, 3.05) is 19.0 Å². The maximum Gasteiger partial charge on any atom is 0.296 e. The summed E-state index contributed by atoms with van der Waals surface area (Å²) in [5.41, 5.74) is 1.81. The van der Waals surface area contributed by atoms with Gasteiger partial charge in [0.25, 0.3) is 11.6 Å². The number of amides is 1. The van der Waals surface area contributed by atoms with Crippen LogP contribution in [0.4, 0.5) is 11.4 Å². The predicted octanol–water partition coefficient (Wildman–Crippen LogP) is 4.00. The SMILES string of the molecule is COc1ccc(NC(=O)COc2cc(C)c(Br)c(C)c2)c([N+](=O)[O-])c1. The number of carbonyl (C=O) groups is 1. The van der Waals surface area contributed by atoms with Gasteiger partial charge in [-0.3, -0.25) is 14.9 Å². The van der Waals surface area contributed by atoms with Crippen molar-refractivity contribution < 1.29 is 19.2 Å². The van der Waals surface area contributed by atoms with Crippen molar-refractivity contribution in [3.05, 3.63) is 56.0 Å². The number of aryl methyl sites for hydroxylation is 2. The summed E-state index contributed by atoms with van der Waals surface area (Å²) in [6.07, 6.45) is 0. The number of anilines is 1. The molecule has 8 heteroatoms. The van der Waals surface area contributed by atoms with Crippen LogP contribution in [0.5, 0.6) is 11.5 Å². The summed E-state index contributed by atoms with van der Waals surface area (Å²) in [5.74, 6) is 0.394.